The number of hydrogen-bond acceptors (Lipinski definition) is 15. The van der Waals surface area contributed by atoms with Gasteiger partial charge < -0.3 is 34.5 Å². The zero-order valence-electron chi connectivity index (χ0n) is 29.6. The van der Waals surface area contributed by atoms with Crippen LogP contribution in [-0.4, -0.2) is 101 Å². The quantitative estimate of drug-likeness (QED) is 0.0777. The maximum atomic E-state index is 13.8. The van der Waals surface area contributed by atoms with Gasteiger partial charge in [-0.15, -0.1) is 0 Å². The van der Waals surface area contributed by atoms with Gasteiger partial charge in [-0.3, -0.25) is 23.7 Å². The first-order valence-electron chi connectivity index (χ1n) is 16.2. The third kappa shape index (κ3) is 8.17. The van der Waals surface area contributed by atoms with E-state index >= 15 is 0 Å². The van der Waals surface area contributed by atoms with Crippen molar-refractivity contribution >= 4 is 64.0 Å². The van der Waals surface area contributed by atoms with E-state index in [9.17, 15) is 14.2 Å². The molecule has 1 atom stereocenters. The molecular formula is C34H38BrN10O7P. The second-order valence-electron chi connectivity index (χ2n) is 11.8. The van der Waals surface area contributed by atoms with Crippen molar-refractivity contribution in [1.29, 1.82) is 0 Å². The van der Waals surface area contributed by atoms with Crippen LogP contribution in [-0.2, 0) is 30.2 Å². The SMILES string of the molecule is COc1cnn(-c2ccc(Nc3nc(Nc4cc(-c5cnn(C)c5)c(C5CNCCN5CC(=O)C=O)cc4OC)ncc3Br)c(P(=O)(OC)OC)c2)c1. The Balaban J connectivity index is 1.37. The van der Waals surface area contributed by atoms with Crippen molar-refractivity contribution in [2.75, 3.05) is 65.3 Å². The summed E-state index contributed by atoms with van der Waals surface area (Å²) in [5.41, 5.74) is 4.12. The van der Waals surface area contributed by atoms with E-state index < -0.39 is 13.4 Å². The number of aryl methyl sites for hydroxylation is 1. The minimum absolute atomic E-state index is 0.000198. The lowest BCUT2D eigenvalue weighted by molar-refractivity contribution is -0.131. The largest absolute Gasteiger partial charge is 0.495 e. The minimum Gasteiger partial charge on any atom is -0.495 e. The number of ketones is 1. The van der Waals surface area contributed by atoms with Crippen LogP contribution in [0, 0.1) is 0 Å². The molecule has 19 heteroatoms. The molecule has 278 valence electrons. The Morgan fingerprint density at radius 3 is 2.53 bits per heavy atom. The van der Waals surface area contributed by atoms with Crippen molar-refractivity contribution in [2.24, 2.45) is 7.05 Å². The summed E-state index contributed by atoms with van der Waals surface area (Å²) in [6.45, 7) is 1.81. The average Bonchev–Trinajstić information content (AvgIpc) is 3.85. The summed E-state index contributed by atoms with van der Waals surface area (Å²) < 4.78 is 39.5. The smallest absolute Gasteiger partial charge is 0.362 e. The standard InChI is InChI=1S/C34H38BrN10O7P/c1-43-17-21(13-38-43)25-11-29(31(50-3)12-26(25)30-16-36-8-9-44(30)18-23(47)20-46)41-34-37-15-27(35)33(42-34)40-28-7-6-22(45-19-24(49-2)14-39-45)10-32(28)53(48,51-4)52-5/h6-7,10-15,17,19-20,30,36H,8-9,16,18H2,1-5H3,(H2,37,40,41,42). The summed E-state index contributed by atoms with van der Waals surface area (Å²) in [6.07, 6.45) is 8.84. The van der Waals surface area contributed by atoms with Crippen LogP contribution in [0.4, 0.5) is 23.1 Å². The molecule has 3 N–H and O–H groups in total. The van der Waals surface area contributed by atoms with Crippen molar-refractivity contribution in [1.82, 2.24) is 39.7 Å². The highest BCUT2D eigenvalue weighted by molar-refractivity contribution is 9.10. The fourth-order valence-electron chi connectivity index (χ4n) is 6.01. The number of hydrogen-bond donors (Lipinski definition) is 3. The summed E-state index contributed by atoms with van der Waals surface area (Å²) in [5, 5.41) is 18.9. The predicted octanol–water partition coefficient (Wildman–Crippen LogP) is 4.16. The highest BCUT2D eigenvalue weighted by Crippen LogP contribution is 2.48. The first kappa shape index (κ1) is 37.8. The van der Waals surface area contributed by atoms with E-state index in [1.165, 1.54) is 14.2 Å². The maximum Gasteiger partial charge on any atom is 0.362 e. The van der Waals surface area contributed by atoms with Crippen molar-refractivity contribution in [2.45, 2.75) is 6.04 Å². The lowest BCUT2D eigenvalue weighted by Gasteiger charge is -2.37. The molecule has 53 heavy (non-hydrogen) atoms. The van der Waals surface area contributed by atoms with Gasteiger partial charge in [0.1, 0.15) is 11.6 Å². The van der Waals surface area contributed by atoms with E-state index in [-0.39, 0.29) is 23.8 Å². The van der Waals surface area contributed by atoms with Crippen molar-refractivity contribution in [3.8, 4) is 28.3 Å². The van der Waals surface area contributed by atoms with Crippen LogP contribution in [0.15, 0.2) is 65.8 Å². The van der Waals surface area contributed by atoms with Gasteiger partial charge in [-0.2, -0.15) is 15.2 Å². The lowest BCUT2D eigenvalue weighted by atomic mass is 9.93. The number of carbonyl (C=O) groups is 2. The number of halogens is 1. The number of methoxy groups -OCH3 is 2. The molecule has 0 radical (unpaired) electrons. The van der Waals surface area contributed by atoms with Crippen molar-refractivity contribution < 1.29 is 32.7 Å². The zero-order chi connectivity index (χ0) is 37.7. The molecule has 1 saturated heterocycles. The lowest BCUT2D eigenvalue weighted by Crippen LogP contribution is -2.48. The molecule has 0 saturated carbocycles. The number of benzene rings is 2. The topological polar surface area (TPSA) is 189 Å². The zero-order valence-corrected chi connectivity index (χ0v) is 32.1. The predicted molar refractivity (Wildman–Crippen MR) is 201 cm³/mol. The molecule has 0 aliphatic carbocycles. The van der Waals surface area contributed by atoms with E-state index in [4.69, 9.17) is 23.5 Å². The Morgan fingerprint density at radius 1 is 1.04 bits per heavy atom. The summed E-state index contributed by atoms with van der Waals surface area (Å²) in [7, 11) is 3.77. The fourth-order valence-corrected chi connectivity index (χ4v) is 7.56. The fraction of sp³-hybridized carbons (Fsp3) is 0.294. The van der Waals surface area contributed by atoms with Gasteiger partial charge in [-0.1, -0.05) is 0 Å². The van der Waals surface area contributed by atoms with Gasteiger partial charge in [0.2, 0.25) is 11.7 Å². The third-order valence-electron chi connectivity index (χ3n) is 8.65. The molecule has 2 aromatic carbocycles. The van der Waals surface area contributed by atoms with E-state index in [1.807, 2.05) is 30.3 Å². The van der Waals surface area contributed by atoms with Crippen LogP contribution in [0.1, 0.15) is 11.6 Å². The van der Waals surface area contributed by atoms with E-state index in [1.54, 1.807) is 66.6 Å². The molecule has 1 aliphatic rings. The van der Waals surface area contributed by atoms with Gasteiger partial charge in [-0.05, 0) is 57.4 Å². The first-order valence-corrected chi connectivity index (χ1v) is 18.6. The molecule has 0 bridgehead atoms. The molecule has 17 nitrogen and oxygen atoms in total. The van der Waals surface area contributed by atoms with Crippen LogP contribution in [0.3, 0.4) is 0 Å². The number of piperazine rings is 1. The number of carbonyl (C=O) groups excluding carboxylic acids is 2. The Morgan fingerprint density at radius 2 is 1.85 bits per heavy atom. The minimum atomic E-state index is -3.79. The van der Waals surface area contributed by atoms with Gasteiger partial charge >= 0.3 is 7.60 Å². The maximum absolute atomic E-state index is 13.8. The van der Waals surface area contributed by atoms with E-state index in [0.29, 0.717) is 64.8 Å². The monoisotopic (exact) mass is 808 g/mol. The highest BCUT2D eigenvalue weighted by atomic mass is 79.9. The van der Waals surface area contributed by atoms with Gasteiger partial charge in [0, 0.05) is 64.9 Å². The number of nitrogens with zero attached hydrogens (tertiary/aromatic N) is 7. The summed E-state index contributed by atoms with van der Waals surface area (Å²) in [4.78, 5) is 34.7. The van der Waals surface area contributed by atoms with E-state index in [0.717, 1.165) is 16.7 Å². The molecule has 1 aliphatic heterocycles. The Kier molecular flexibility index (Phi) is 11.7. The number of anilines is 4. The number of aldehydes is 1. The van der Waals surface area contributed by atoms with Gasteiger partial charge in [0.15, 0.2) is 12.0 Å². The van der Waals surface area contributed by atoms with E-state index in [2.05, 4.69) is 47.1 Å². The first-order chi connectivity index (χ1) is 25.6. The number of aromatic nitrogens is 6. The molecule has 6 rings (SSSR count). The number of nitrogens with one attached hydrogen (secondary N) is 3. The molecule has 5 aromatic rings. The van der Waals surface area contributed by atoms with Crippen LogP contribution < -0.4 is 30.7 Å². The number of rotatable bonds is 15. The number of ether oxygens (including phenoxy) is 2. The van der Waals surface area contributed by atoms with Crippen LogP contribution in [0.25, 0.3) is 16.8 Å². The van der Waals surface area contributed by atoms with Gasteiger partial charge in [-0.25, -0.2) is 9.67 Å². The number of Topliss-reactive ketones (excluding diaryl/α,β-unsaturated/α-hetero) is 1. The van der Waals surface area contributed by atoms with Gasteiger partial charge in [0.25, 0.3) is 0 Å². The average molecular weight is 810 g/mol. The molecule has 1 fully saturated rings. The normalized spacial score (nSPS) is 14.9. The molecule has 0 spiro atoms. The third-order valence-corrected chi connectivity index (χ3v) is 11.2. The second-order valence-corrected chi connectivity index (χ2v) is 14.9. The van der Waals surface area contributed by atoms with Crippen LogP contribution in [0.2, 0.25) is 0 Å². The Bertz CT molecular complexity index is 2170. The molecule has 3 aromatic heterocycles. The molecule has 0 amide bonds. The summed E-state index contributed by atoms with van der Waals surface area (Å²) >= 11 is 3.53. The van der Waals surface area contributed by atoms with Crippen molar-refractivity contribution in [3.63, 3.8) is 0 Å². The Hall–Kier alpha value is -4.97. The van der Waals surface area contributed by atoms with Crippen LogP contribution in [0.5, 0.6) is 11.5 Å². The Labute approximate surface area is 313 Å². The molecule has 4 heterocycles. The molecule has 1 unspecified atom stereocenters. The highest BCUT2D eigenvalue weighted by Gasteiger charge is 2.31. The second kappa shape index (κ2) is 16.4. The van der Waals surface area contributed by atoms with Gasteiger partial charge in [0.05, 0.1) is 66.2 Å². The summed E-state index contributed by atoms with van der Waals surface area (Å²) in [6, 6.07) is 8.75. The summed E-state index contributed by atoms with van der Waals surface area (Å²) in [5.74, 6) is 1.13. The molecular weight excluding hydrogens is 771 g/mol. The van der Waals surface area contributed by atoms with Crippen molar-refractivity contribution in [3.05, 3.63) is 71.4 Å². The van der Waals surface area contributed by atoms with Crippen LogP contribution >= 0.6 is 23.5 Å².